The van der Waals surface area contributed by atoms with E-state index in [0.29, 0.717) is 5.56 Å². The van der Waals surface area contributed by atoms with Gasteiger partial charge in [-0.05, 0) is 29.8 Å². The number of hydrogen-bond acceptors (Lipinski definition) is 5. The first kappa shape index (κ1) is 21.5. The number of carbonyl (C=O) groups excluding carboxylic acids is 1. The number of hydrogen-bond donors (Lipinski definition) is 4. The predicted molar refractivity (Wildman–Crippen MR) is 107 cm³/mol. The van der Waals surface area contributed by atoms with Crippen LogP contribution in [0.2, 0.25) is 0 Å². The van der Waals surface area contributed by atoms with Crippen molar-refractivity contribution in [3.63, 3.8) is 0 Å². The van der Waals surface area contributed by atoms with E-state index in [1.54, 1.807) is 4.90 Å². The SMILES string of the molecule is O=C(O)CNC(=O)C1=C(O)c2ccc(F)c3c2N(C1)C(c1ccc(C(F)(F)F)cc1)CN3. The molecular weight excluding hydrogens is 434 g/mol. The summed E-state index contributed by atoms with van der Waals surface area (Å²) >= 11 is 0. The van der Waals surface area contributed by atoms with Crippen molar-refractivity contribution in [2.24, 2.45) is 0 Å². The summed E-state index contributed by atoms with van der Waals surface area (Å²) in [6, 6.07) is 6.32. The van der Waals surface area contributed by atoms with Crippen molar-refractivity contribution in [3.8, 4) is 0 Å². The van der Waals surface area contributed by atoms with Gasteiger partial charge in [0.1, 0.15) is 18.1 Å². The second-order valence-electron chi connectivity index (χ2n) is 7.37. The summed E-state index contributed by atoms with van der Waals surface area (Å²) in [6.07, 6.45) is -4.50. The lowest BCUT2D eigenvalue weighted by molar-refractivity contribution is -0.138. The van der Waals surface area contributed by atoms with Gasteiger partial charge in [0.2, 0.25) is 0 Å². The zero-order chi connectivity index (χ0) is 23.2. The van der Waals surface area contributed by atoms with E-state index in [9.17, 15) is 32.3 Å². The smallest absolute Gasteiger partial charge is 0.416 e. The highest BCUT2D eigenvalue weighted by atomic mass is 19.4. The summed E-state index contributed by atoms with van der Waals surface area (Å²) in [6.45, 7) is -0.737. The highest BCUT2D eigenvalue weighted by Gasteiger charge is 2.38. The average molecular weight is 451 g/mol. The number of amides is 1. The number of rotatable bonds is 4. The van der Waals surface area contributed by atoms with E-state index in [0.717, 1.165) is 18.2 Å². The van der Waals surface area contributed by atoms with E-state index in [2.05, 4.69) is 10.6 Å². The Morgan fingerprint density at radius 2 is 1.84 bits per heavy atom. The molecule has 2 heterocycles. The molecule has 0 bridgehead atoms. The number of carbonyl (C=O) groups is 2. The van der Waals surface area contributed by atoms with E-state index in [1.807, 2.05) is 0 Å². The maximum Gasteiger partial charge on any atom is 0.416 e. The number of nitrogens with zero attached hydrogens (tertiary/aromatic N) is 1. The molecule has 2 aromatic carbocycles. The molecule has 1 atom stereocenters. The third kappa shape index (κ3) is 3.70. The number of aliphatic hydroxyl groups is 1. The molecule has 168 valence electrons. The van der Waals surface area contributed by atoms with Crippen molar-refractivity contribution in [1.29, 1.82) is 0 Å². The molecule has 0 fully saturated rings. The minimum Gasteiger partial charge on any atom is -0.507 e. The number of alkyl halides is 3. The van der Waals surface area contributed by atoms with Gasteiger partial charge >= 0.3 is 12.1 Å². The zero-order valence-electron chi connectivity index (χ0n) is 16.3. The summed E-state index contributed by atoms with van der Waals surface area (Å²) in [4.78, 5) is 24.9. The Morgan fingerprint density at radius 1 is 1.16 bits per heavy atom. The molecule has 0 spiro atoms. The molecule has 1 unspecified atom stereocenters. The van der Waals surface area contributed by atoms with E-state index < -0.39 is 47.8 Å². The fourth-order valence-corrected chi connectivity index (χ4v) is 3.92. The lowest BCUT2D eigenvalue weighted by Crippen LogP contribution is -2.44. The second-order valence-corrected chi connectivity index (χ2v) is 7.37. The Balaban J connectivity index is 1.76. The Hall–Kier alpha value is -3.76. The summed E-state index contributed by atoms with van der Waals surface area (Å²) in [5.74, 6) is -3.10. The van der Waals surface area contributed by atoms with E-state index >= 15 is 0 Å². The Bertz CT molecular complexity index is 1130. The summed E-state index contributed by atoms with van der Waals surface area (Å²) in [5.41, 5.74) is 0.0584. The number of benzene rings is 2. The van der Waals surface area contributed by atoms with Gasteiger partial charge in [-0.15, -0.1) is 0 Å². The summed E-state index contributed by atoms with van der Waals surface area (Å²) in [5, 5.41) is 24.6. The molecule has 4 N–H and O–H groups in total. The van der Waals surface area contributed by atoms with Crippen LogP contribution in [0.5, 0.6) is 0 Å². The Morgan fingerprint density at radius 3 is 2.47 bits per heavy atom. The van der Waals surface area contributed by atoms with Gasteiger partial charge in [-0.2, -0.15) is 13.2 Å². The number of nitrogens with one attached hydrogen (secondary N) is 2. The van der Waals surface area contributed by atoms with Crippen molar-refractivity contribution in [3.05, 3.63) is 64.5 Å². The van der Waals surface area contributed by atoms with E-state index in [-0.39, 0.29) is 35.6 Å². The molecule has 32 heavy (non-hydrogen) atoms. The van der Waals surface area contributed by atoms with Crippen molar-refractivity contribution in [2.45, 2.75) is 12.2 Å². The van der Waals surface area contributed by atoms with Crippen molar-refractivity contribution >= 4 is 29.0 Å². The third-order valence-corrected chi connectivity index (χ3v) is 5.43. The maximum absolute atomic E-state index is 14.4. The van der Waals surface area contributed by atoms with Gasteiger partial charge in [0, 0.05) is 12.1 Å². The number of carboxylic acids is 1. The number of aliphatic carboxylic acids is 1. The fraction of sp³-hybridized carbons (Fsp3) is 0.238. The van der Waals surface area contributed by atoms with Gasteiger partial charge in [0.15, 0.2) is 0 Å². The molecule has 4 rings (SSSR count). The minimum atomic E-state index is -4.50. The van der Waals surface area contributed by atoms with Gasteiger partial charge in [-0.25, -0.2) is 4.39 Å². The number of halogens is 4. The van der Waals surface area contributed by atoms with Crippen LogP contribution in [0.1, 0.15) is 22.7 Å². The van der Waals surface area contributed by atoms with Crippen LogP contribution >= 0.6 is 0 Å². The van der Waals surface area contributed by atoms with Crippen LogP contribution in [0.15, 0.2) is 42.0 Å². The molecule has 0 aromatic heterocycles. The standard InChI is InChI=1S/C21H17F4N3O4/c22-14-6-5-12-18-17(14)26-7-15(10-1-3-11(4-2-10)21(23,24)25)28(18)9-13(19(12)31)20(32)27-8-16(29)30/h1-6,15,26,31H,7-9H2,(H,27,32)(H,29,30). The lowest BCUT2D eigenvalue weighted by atomic mass is 9.92. The van der Waals surface area contributed by atoms with Crippen LogP contribution in [0.4, 0.5) is 28.9 Å². The molecule has 2 aromatic rings. The van der Waals surface area contributed by atoms with Crippen LogP contribution < -0.4 is 15.5 Å². The molecule has 0 saturated heterocycles. The highest BCUT2D eigenvalue weighted by molar-refractivity contribution is 6.05. The number of aliphatic hydroxyl groups excluding tert-OH is 1. The molecule has 0 aliphatic carbocycles. The van der Waals surface area contributed by atoms with Gasteiger partial charge in [-0.3, -0.25) is 9.59 Å². The molecule has 1 amide bonds. The predicted octanol–water partition coefficient (Wildman–Crippen LogP) is 3.30. The Kier molecular flexibility index (Phi) is 5.19. The molecule has 0 saturated carbocycles. The van der Waals surface area contributed by atoms with Crippen molar-refractivity contribution < 1.29 is 37.4 Å². The molecule has 11 heteroatoms. The first-order valence-electron chi connectivity index (χ1n) is 9.50. The molecule has 0 radical (unpaired) electrons. The highest BCUT2D eigenvalue weighted by Crippen LogP contribution is 2.47. The molecular formula is C21H17F4N3O4. The van der Waals surface area contributed by atoms with Gasteiger partial charge in [-0.1, -0.05) is 12.1 Å². The van der Waals surface area contributed by atoms with Gasteiger partial charge in [0.05, 0.1) is 35.1 Å². The van der Waals surface area contributed by atoms with Gasteiger partial charge < -0.3 is 25.7 Å². The molecule has 2 aliphatic rings. The van der Waals surface area contributed by atoms with E-state index in [4.69, 9.17) is 5.11 Å². The monoisotopic (exact) mass is 451 g/mol. The fourth-order valence-electron chi connectivity index (χ4n) is 3.92. The van der Waals surface area contributed by atoms with Crippen molar-refractivity contribution in [2.75, 3.05) is 29.9 Å². The van der Waals surface area contributed by atoms with Crippen LogP contribution in [-0.4, -0.2) is 41.7 Å². The summed E-state index contributed by atoms with van der Waals surface area (Å²) in [7, 11) is 0. The van der Waals surface area contributed by atoms with Crippen molar-refractivity contribution in [1.82, 2.24) is 5.32 Å². The minimum absolute atomic E-state index is 0.0993. The number of carboxylic acid groups (broad SMARTS) is 1. The molecule has 7 nitrogen and oxygen atoms in total. The quantitative estimate of drug-likeness (QED) is 0.533. The van der Waals surface area contributed by atoms with Crippen LogP contribution in [0, 0.1) is 5.82 Å². The second kappa shape index (κ2) is 7.74. The average Bonchev–Trinajstić information content (AvgIpc) is 2.75. The lowest BCUT2D eigenvalue weighted by Gasteiger charge is -2.43. The maximum atomic E-state index is 14.4. The first-order valence-corrected chi connectivity index (χ1v) is 9.50. The van der Waals surface area contributed by atoms with Crippen LogP contribution in [0.3, 0.4) is 0 Å². The summed E-state index contributed by atoms with van der Waals surface area (Å²) < 4.78 is 53.2. The normalized spacial score (nSPS) is 17.5. The number of anilines is 2. The third-order valence-electron chi connectivity index (χ3n) is 5.43. The molecule has 2 aliphatic heterocycles. The zero-order valence-corrected chi connectivity index (χ0v) is 16.3. The van der Waals surface area contributed by atoms with E-state index in [1.165, 1.54) is 18.2 Å². The first-order chi connectivity index (χ1) is 15.1. The van der Waals surface area contributed by atoms with Gasteiger partial charge in [0.25, 0.3) is 5.91 Å². The largest absolute Gasteiger partial charge is 0.507 e. The van der Waals surface area contributed by atoms with Crippen LogP contribution in [-0.2, 0) is 15.8 Å². The topological polar surface area (TPSA) is 102 Å². The Labute approximate surface area is 179 Å². The van der Waals surface area contributed by atoms with Crippen LogP contribution in [0.25, 0.3) is 5.76 Å².